The van der Waals surface area contributed by atoms with Crippen molar-refractivity contribution in [1.82, 2.24) is 0 Å². The molecule has 0 aromatic heterocycles. The number of aryl methyl sites for hydroxylation is 1. The molecule has 1 fully saturated rings. The van der Waals surface area contributed by atoms with Crippen molar-refractivity contribution in [3.05, 3.63) is 64.7 Å². The molecule has 2 aromatic rings. The minimum absolute atomic E-state index is 0.0523. The van der Waals surface area contributed by atoms with E-state index >= 15 is 0 Å². The molecule has 0 unspecified atom stereocenters. The number of benzene rings is 2. The van der Waals surface area contributed by atoms with Crippen molar-refractivity contribution in [3.8, 4) is 0 Å². The van der Waals surface area contributed by atoms with E-state index < -0.39 is 5.92 Å². The van der Waals surface area contributed by atoms with Crippen molar-refractivity contribution in [2.24, 2.45) is 5.92 Å². The van der Waals surface area contributed by atoms with E-state index in [4.69, 9.17) is 16.3 Å². The van der Waals surface area contributed by atoms with Gasteiger partial charge < -0.3 is 9.64 Å². The number of ether oxygens (including phenoxy) is 1. The molecule has 1 aliphatic rings. The van der Waals surface area contributed by atoms with E-state index in [0.717, 1.165) is 16.8 Å². The van der Waals surface area contributed by atoms with Crippen molar-refractivity contribution < 1.29 is 14.3 Å². The van der Waals surface area contributed by atoms with Gasteiger partial charge in [0.1, 0.15) is 6.61 Å². The quantitative estimate of drug-likeness (QED) is 0.794. The number of halogens is 1. The number of anilines is 1. The van der Waals surface area contributed by atoms with E-state index in [2.05, 4.69) is 0 Å². The molecule has 0 radical (unpaired) electrons. The molecule has 0 aliphatic carbocycles. The maximum atomic E-state index is 12.2. The molecule has 124 valence electrons. The lowest BCUT2D eigenvalue weighted by Gasteiger charge is -2.16. The van der Waals surface area contributed by atoms with Crippen LogP contribution in [0.2, 0.25) is 5.02 Å². The summed E-state index contributed by atoms with van der Waals surface area (Å²) in [6, 6.07) is 14.9. The number of nitrogens with zero attached hydrogens (tertiary/aromatic N) is 1. The van der Waals surface area contributed by atoms with Crippen LogP contribution in [0.5, 0.6) is 0 Å². The van der Waals surface area contributed by atoms with E-state index in [1.807, 2.05) is 43.3 Å². The maximum Gasteiger partial charge on any atom is 0.311 e. The molecule has 1 amide bonds. The van der Waals surface area contributed by atoms with Crippen LogP contribution in [0.4, 0.5) is 5.69 Å². The van der Waals surface area contributed by atoms with Crippen molar-refractivity contribution in [2.45, 2.75) is 20.0 Å². The first kappa shape index (κ1) is 16.5. The highest BCUT2D eigenvalue weighted by Crippen LogP contribution is 2.26. The summed E-state index contributed by atoms with van der Waals surface area (Å²) in [5.74, 6) is -0.834. The highest BCUT2D eigenvalue weighted by Gasteiger charge is 2.36. The monoisotopic (exact) mass is 343 g/mol. The smallest absolute Gasteiger partial charge is 0.311 e. The van der Waals surface area contributed by atoms with Gasteiger partial charge in [0.25, 0.3) is 0 Å². The van der Waals surface area contributed by atoms with Gasteiger partial charge >= 0.3 is 5.97 Å². The predicted molar refractivity (Wildman–Crippen MR) is 92.9 cm³/mol. The predicted octanol–water partition coefficient (Wildman–Crippen LogP) is 3.74. The Labute approximate surface area is 146 Å². The lowest BCUT2D eigenvalue weighted by molar-refractivity contribution is -0.149. The molecule has 1 saturated heterocycles. The van der Waals surface area contributed by atoms with Crippen LogP contribution in [-0.4, -0.2) is 18.4 Å². The fraction of sp³-hybridized carbons (Fsp3) is 0.263. The first-order valence-corrected chi connectivity index (χ1v) is 8.19. The third-order valence-corrected chi connectivity index (χ3v) is 4.31. The van der Waals surface area contributed by atoms with Gasteiger partial charge in [-0.15, -0.1) is 0 Å². The summed E-state index contributed by atoms with van der Waals surface area (Å²) in [5.41, 5.74) is 2.77. The van der Waals surface area contributed by atoms with E-state index in [9.17, 15) is 9.59 Å². The Balaban J connectivity index is 1.60. The van der Waals surface area contributed by atoms with E-state index in [1.165, 1.54) is 0 Å². The summed E-state index contributed by atoms with van der Waals surface area (Å²) in [6.45, 7) is 2.51. The molecule has 0 spiro atoms. The number of hydrogen-bond donors (Lipinski definition) is 0. The lowest BCUT2D eigenvalue weighted by Crippen LogP contribution is -2.26. The average molecular weight is 344 g/mol. The molecule has 0 N–H and O–H groups in total. The average Bonchev–Trinajstić information content (AvgIpc) is 2.95. The Bertz CT molecular complexity index is 757. The van der Waals surface area contributed by atoms with Gasteiger partial charge in [0.2, 0.25) is 5.91 Å². The highest BCUT2D eigenvalue weighted by molar-refractivity contribution is 6.30. The van der Waals surface area contributed by atoms with Gasteiger partial charge in [-0.2, -0.15) is 0 Å². The summed E-state index contributed by atoms with van der Waals surface area (Å²) < 4.78 is 5.34. The highest BCUT2D eigenvalue weighted by atomic mass is 35.5. The van der Waals surface area contributed by atoms with E-state index in [0.29, 0.717) is 11.6 Å². The number of carbonyl (C=O) groups is 2. The Morgan fingerprint density at radius 1 is 1.25 bits per heavy atom. The minimum atomic E-state index is -0.432. The van der Waals surface area contributed by atoms with Gasteiger partial charge in [-0.05, 0) is 36.8 Å². The molecule has 5 heteroatoms. The minimum Gasteiger partial charge on any atom is -0.461 e. The molecule has 2 aromatic carbocycles. The van der Waals surface area contributed by atoms with Crippen LogP contribution in [0.3, 0.4) is 0 Å². The Morgan fingerprint density at radius 2 is 2.00 bits per heavy atom. The second-order valence-electron chi connectivity index (χ2n) is 5.98. The zero-order valence-corrected chi connectivity index (χ0v) is 14.1. The maximum absolute atomic E-state index is 12.2. The first-order valence-electron chi connectivity index (χ1n) is 7.81. The number of hydrogen-bond acceptors (Lipinski definition) is 3. The van der Waals surface area contributed by atoms with Crippen LogP contribution < -0.4 is 4.90 Å². The molecular formula is C19H18ClNO3. The molecule has 1 heterocycles. The van der Waals surface area contributed by atoms with Crippen molar-refractivity contribution in [3.63, 3.8) is 0 Å². The fourth-order valence-electron chi connectivity index (χ4n) is 2.74. The Morgan fingerprint density at radius 3 is 2.71 bits per heavy atom. The molecule has 0 saturated carbocycles. The van der Waals surface area contributed by atoms with Crippen LogP contribution in [0.25, 0.3) is 0 Å². The van der Waals surface area contributed by atoms with Crippen molar-refractivity contribution in [2.75, 3.05) is 11.4 Å². The normalized spacial score (nSPS) is 17.2. The molecule has 24 heavy (non-hydrogen) atoms. The zero-order valence-electron chi connectivity index (χ0n) is 13.4. The van der Waals surface area contributed by atoms with Crippen molar-refractivity contribution in [1.29, 1.82) is 0 Å². The molecule has 0 bridgehead atoms. The summed E-state index contributed by atoms with van der Waals surface area (Å²) >= 11 is 5.91. The lowest BCUT2D eigenvalue weighted by atomic mass is 10.1. The third kappa shape index (κ3) is 3.77. The van der Waals surface area contributed by atoms with Crippen LogP contribution in [-0.2, 0) is 20.9 Å². The summed E-state index contributed by atoms with van der Waals surface area (Å²) in [7, 11) is 0. The van der Waals surface area contributed by atoms with E-state index in [-0.39, 0.29) is 24.9 Å². The van der Waals surface area contributed by atoms with Gasteiger partial charge in [-0.1, -0.05) is 41.4 Å². The molecular weight excluding hydrogens is 326 g/mol. The molecule has 3 rings (SSSR count). The largest absolute Gasteiger partial charge is 0.461 e. The van der Waals surface area contributed by atoms with Crippen LogP contribution >= 0.6 is 11.6 Å². The van der Waals surface area contributed by atoms with Gasteiger partial charge in [-0.3, -0.25) is 9.59 Å². The van der Waals surface area contributed by atoms with Crippen LogP contribution in [0.15, 0.2) is 48.5 Å². The summed E-state index contributed by atoms with van der Waals surface area (Å²) in [4.78, 5) is 26.1. The third-order valence-electron chi connectivity index (χ3n) is 4.07. The van der Waals surface area contributed by atoms with Gasteiger partial charge in [0.05, 0.1) is 5.92 Å². The second kappa shape index (κ2) is 7.05. The second-order valence-corrected chi connectivity index (χ2v) is 6.42. The molecule has 4 nitrogen and oxygen atoms in total. The van der Waals surface area contributed by atoms with Crippen LogP contribution in [0.1, 0.15) is 17.5 Å². The standard InChI is InChI=1S/C19H18ClNO3/c1-13-5-7-17(8-6-13)21-11-15(10-18(21)22)19(23)24-12-14-3-2-4-16(20)9-14/h2-9,15H,10-12H2,1H3/t15-/m1/s1. The van der Waals surface area contributed by atoms with Crippen molar-refractivity contribution >= 4 is 29.2 Å². The van der Waals surface area contributed by atoms with Gasteiger partial charge in [-0.25, -0.2) is 0 Å². The SMILES string of the molecule is Cc1ccc(N2C[C@H](C(=O)OCc3cccc(Cl)c3)CC2=O)cc1. The van der Waals surface area contributed by atoms with Gasteiger partial charge in [0, 0.05) is 23.7 Å². The number of esters is 1. The number of amides is 1. The summed E-state index contributed by atoms with van der Waals surface area (Å²) in [6.07, 6.45) is 0.183. The fourth-order valence-corrected chi connectivity index (χ4v) is 2.95. The zero-order chi connectivity index (χ0) is 17.1. The topological polar surface area (TPSA) is 46.6 Å². The summed E-state index contributed by atoms with van der Waals surface area (Å²) in [5, 5.41) is 0.602. The van der Waals surface area contributed by atoms with E-state index in [1.54, 1.807) is 17.0 Å². The number of rotatable bonds is 4. The van der Waals surface area contributed by atoms with Gasteiger partial charge in [0.15, 0.2) is 0 Å². The Kier molecular flexibility index (Phi) is 4.86. The molecule has 1 atom stereocenters. The number of carbonyl (C=O) groups excluding carboxylic acids is 2. The first-order chi connectivity index (χ1) is 11.5. The van der Waals surface area contributed by atoms with Crippen LogP contribution in [0, 0.1) is 12.8 Å². The molecule has 1 aliphatic heterocycles. The Hall–Kier alpha value is -2.33.